The maximum absolute atomic E-state index is 12.7. The first-order valence-corrected chi connectivity index (χ1v) is 6.28. The van der Waals surface area contributed by atoms with E-state index in [1.807, 2.05) is 13.8 Å². The van der Waals surface area contributed by atoms with Crippen LogP contribution >= 0.6 is 0 Å². The molecule has 1 aromatic rings. The minimum absolute atomic E-state index is 0.0286. The molecule has 4 nitrogen and oxygen atoms in total. The van der Waals surface area contributed by atoms with Gasteiger partial charge >= 0.3 is 12.1 Å². The van der Waals surface area contributed by atoms with Gasteiger partial charge in [0.1, 0.15) is 17.1 Å². The van der Waals surface area contributed by atoms with Gasteiger partial charge in [-0.1, -0.05) is 6.92 Å². The smallest absolute Gasteiger partial charge is 0.433 e. The minimum atomic E-state index is -4.58. The van der Waals surface area contributed by atoms with Crippen LogP contribution in [0.2, 0.25) is 0 Å². The Morgan fingerprint density at radius 1 is 1.40 bits per heavy atom. The zero-order valence-corrected chi connectivity index (χ0v) is 11.1. The van der Waals surface area contributed by atoms with Crippen LogP contribution in [0.4, 0.5) is 19.0 Å². The topological polar surface area (TPSA) is 53.4 Å². The van der Waals surface area contributed by atoms with Crippen molar-refractivity contribution in [2.75, 3.05) is 11.4 Å². The molecule has 1 saturated heterocycles. The molecule has 0 spiro atoms. The Kier molecular flexibility index (Phi) is 3.62. The normalized spacial score (nSPS) is 23.1. The highest BCUT2D eigenvalue weighted by atomic mass is 19.4. The molecule has 1 aliphatic heterocycles. The molecule has 20 heavy (non-hydrogen) atoms. The van der Waals surface area contributed by atoms with Crippen molar-refractivity contribution in [3.63, 3.8) is 0 Å². The summed E-state index contributed by atoms with van der Waals surface area (Å²) in [7, 11) is 0. The predicted octanol–water partition coefficient (Wildman–Crippen LogP) is 3.03. The summed E-state index contributed by atoms with van der Waals surface area (Å²) in [6.07, 6.45) is -3.78. The van der Waals surface area contributed by atoms with Crippen LogP contribution in [0, 0.1) is 5.92 Å². The van der Waals surface area contributed by atoms with E-state index in [-0.39, 0.29) is 17.4 Å². The van der Waals surface area contributed by atoms with Gasteiger partial charge in [0.25, 0.3) is 0 Å². The summed E-state index contributed by atoms with van der Waals surface area (Å²) in [4.78, 5) is 16.4. The van der Waals surface area contributed by atoms with Gasteiger partial charge in [-0.2, -0.15) is 13.2 Å². The first kappa shape index (κ1) is 14.6. The van der Waals surface area contributed by atoms with E-state index in [9.17, 15) is 18.0 Å². The van der Waals surface area contributed by atoms with E-state index in [2.05, 4.69) is 4.98 Å². The fraction of sp³-hybridized carbons (Fsp3) is 0.538. The number of hydrogen-bond acceptors (Lipinski definition) is 3. The molecule has 2 unspecified atom stereocenters. The van der Waals surface area contributed by atoms with Gasteiger partial charge in [0, 0.05) is 12.6 Å². The Hall–Kier alpha value is -1.79. The van der Waals surface area contributed by atoms with E-state index in [1.165, 1.54) is 0 Å². The summed E-state index contributed by atoms with van der Waals surface area (Å²) in [5.41, 5.74) is -1.26. The number of aromatic carboxylic acids is 1. The highest BCUT2D eigenvalue weighted by Gasteiger charge is 2.36. The Morgan fingerprint density at radius 2 is 2.05 bits per heavy atom. The molecular formula is C13H15F3N2O2. The number of hydrogen-bond donors (Lipinski definition) is 1. The average Bonchev–Trinajstić information content (AvgIpc) is 2.66. The van der Waals surface area contributed by atoms with Crippen molar-refractivity contribution in [3.8, 4) is 0 Å². The summed E-state index contributed by atoms with van der Waals surface area (Å²) in [5, 5.41) is 9.12. The standard InChI is InChI=1S/C13H15F3N2O2/c1-7-5-8(2)18(6-7)11-9(12(19)20)3-4-10(17-11)13(14,15)16/h3-4,7-8H,5-6H2,1-2H3,(H,19,20). The molecule has 7 heteroatoms. The molecule has 0 amide bonds. The Morgan fingerprint density at radius 3 is 2.50 bits per heavy atom. The van der Waals surface area contributed by atoms with Crippen LogP contribution in [0.25, 0.3) is 0 Å². The average molecular weight is 288 g/mol. The van der Waals surface area contributed by atoms with Crippen LogP contribution in [0.5, 0.6) is 0 Å². The van der Waals surface area contributed by atoms with Crippen molar-refractivity contribution in [1.82, 2.24) is 4.98 Å². The van der Waals surface area contributed by atoms with Gasteiger partial charge in [-0.15, -0.1) is 0 Å². The maximum Gasteiger partial charge on any atom is 0.433 e. The highest BCUT2D eigenvalue weighted by Crippen LogP contribution is 2.34. The lowest BCUT2D eigenvalue weighted by Gasteiger charge is -2.25. The summed E-state index contributed by atoms with van der Waals surface area (Å²) >= 11 is 0. The van der Waals surface area contributed by atoms with E-state index in [0.29, 0.717) is 18.5 Å². The van der Waals surface area contributed by atoms with Crippen LogP contribution in [0.3, 0.4) is 0 Å². The van der Waals surface area contributed by atoms with Crippen molar-refractivity contribution in [3.05, 3.63) is 23.4 Å². The van der Waals surface area contributed by atoms with E-state index in [4.69, 9.17) is 5.11 Å². The summed E-state index contributed by atoms with van der Waals surface area (Å²) in [6, 6.07) is 1.65. The molecule has 110 valence electrons. The quantitative estimate of drug-likeness (QED) is 0.908. The van der Waals surface area contributed by atoms with Crippen LogP contribution in [0.15, 0.2) is 12.1 Å². The minimum Gasteiger partial charge on any atom is -0.478 e. The lowest BCUT2D eigenvalue weighted by atomic mass is 10.1. The second kappa shape index (κ2) is 4.96. The molecule has 2 atom stereocenters. The summed E-state index contributed by atoms with van der Waals surface area (Å²) in [6.45, 7) is 4.34. The SMILES string of the molecule is CC1CC(C)N(c2nc(C(F)(F)F)ccc2C(=O)O)C1. The van der Waals surface area contributed by atoms with Gasteiger partial charge in [-0.25, -0.2) is 9.78 Å². The molecule has 1 aliphatic rings. The van der Waals surface area contributed by atoms with Crippen LogP contribution < -0.4 is 4.90 Å². The second-order valence-electron chi connectivity index (χ2n) is 5.21. The van der Waals surface area contributed by atoms with Gasteiger partial charge in [-0.05, 0) is 31.4 Å². The third kappa shape index (κ3) is 2.71. The zero-order chi connectivity index (χ0) is 15.1. The molecular weight excluding hydrogens is 273 g/mol. The van der Waals surface area contributed by atoms with Crippen molar-refractivity contribution in [2.45, 2.75) is 32.5 Å². The maximum atomic E-state index is 12.7. The van der Waals surface area contributed by atoms with E-state index < -0.39 is 17.8 Å². The van der Waals surface area contributed by atoms with Gasteiger partial charge in [0.15, 0.2) is 0 Å². The third-order valence-electron chi connectivity index (χ3n) is 3.45. The molecule has 0 saturated carbocycles. The lowest BCUT2D eigenvalue weighted by molar-refractivity contribution is -0.141. The number of carbonyl (C=O) groups is 1. The number of pyridine rings is 1. The number of nitrogens with zero attached hydrogens (tertiary/aromatic N) is 2. The molecule has 0 radical (unpaired) electrons. The number of carboxylic acid groups (broad SMARTS) is 1. The fourth-order valence-electron chi connectivity index (χ4n) is 2.59. The summed E-state index contributed by atoms with van der Waals surface area (Å²) < 4.78 is 38.2. The van der Waals surface area contributed by atoms with Crippen LogP contribution in [-0.2, 0) is 6.18 Å². The number of alkyl halides is 3. The fourth-order valence-corrected chi connectivity index (χ4v) is 2.59. The van der Waals surface area contributed by atoms with Crippen molar-refractivity contribution in [2.24, 2.45) is 5.92 Å². The van der Waals surface area contributed by atoms with Crippen molar-refractivity contribution in [1.29, 1.82) is 0 Å². The molecule has 1 N–H and O–H groups in total. The summed E-state index contributed by atoms with van der Waals surface area (Å²) in [5.74, 6) is -1.07. The Bertz CT molecular complexity index is 531. The molecule has 2 rings (SSSR count). The first-order chi connectivity index (χ1) is 9.20. The molecule has 0 aliphatic carbocycles. The predicted molar refractivity (Wildman–Crippen MR) is 66.8 cm³/mol. The van der Waals surface area contributed by atoms with Crippen molar-refractivity contribution < 1.29 is 23.1 Å². The monoisotopic (exact) mass is 288 g/mol. The Balaban J connectivity index is 2.50. The van der Waals surface area contributed by atoms with Gasteiger partial charge < -0.3 is 10.0 Å². The molecule has 0 bridgehead atoms. The molecule has 1 fully saturated rings. The van der Waals surface area contributed by atoms with Crippen molar-refractivity contribution >= 4 is 11.8 Å². The second-order valence-corrected chi connectivity index (χ2v) is 5.21. The number of rotatable bonds is 2. The number of anilines is 1. The van der Waals surface area contributed by atoms with Gasteiger partial charge in [-0.3, -0.25) is 0 Å². The third-order valence-corrected chi connectivity index (χ3v) is 3.45. The van der Waals surface area contributed by atoms with Crippen LogP contribution in [-0.4, -0.2) is 28.6 Å². The van der Waals surface area contributed by atoms with E-state index in [0.717, 1.165) is 12.5 Å². The van der Waals surface area contributed by atoms with Gasteiger partial charge in [0.05, 0.1) is 0 Å². The first-order valence-electron chi connectivity index (χ1n) is 6.28. The van der Waals surface area contributed by atoms with Gasteiger partial charge in [0.2, 0.25) is 0 Å². The number of carboxylic acids is 1. The highest BCUT2D eigenvalue weighted by molar-refractivity contribution is 5.93. The zero-order valence-electron chi connectivity index (χ0n) is 11.1. The Labute approximate surface area is 114 Å². The largest absolute Gasteiger partial charge is 0.478 e. The van der Waals surface area contributed by atoms with E-state index >= 15 is 0 Å². The van der Waals surface area contributed by atoms with Crippen LogP contribution in [0.1, 0.15) is 36.3 Å². The molecule has 2 heterocycles. The van der Waals surface area contributed by atoms with E-state index in [1.54, 1.807) is 4.90 Å². The molecule has 0 aromatic carbocycles. The number of aromatic nitrogens is 1. The lowest BCUT2D eigenvalue weighted by Crippen LogP contribution is -2.30. The molecule has 1 aromatic heterocycles. The number of halogens is 3.